The van der Waals surface area contributed by atoms with Crippen molar-refractivity contribution in [2.45, 2.75) is 25.4 Å². The molecule has 22 heavy (non-hydrogen) atoms. The zero-order valence-electron chi connectivity index (χ0n) is 12.9. The third-order valence-corrected chi connectivity index (χ3v) is 5.18. The average molecular weight is 314 g/mol. The summed E-state index contributed by atoms with van der Waals surface area (Å²) in [4.78, 5) is 18.2. The van der Waals surface area contributed by atoms with Gasteiger partial charge < -0.3 is 9.80 Å². The maximum Gasteiger partial charge on any atom is 0.264 e. The van der Waals surface area contributed by atoms with Crippen LogP contribution in [0.2, 0.25) is 0 Å². The highest BCUT2D eigenvalue weighted by molar-refractivity contribution is 7.12. The zero-order valence-corrected chi connectivity index (χ0v) is 13.8. The maximum absolute atomic E-state index is 12.9. The molecule has 2 heterocycles. The van der Waals surface area contributed by atoms with Crippen LogP contribution < -0.4 is 0 Å². The van der Waals surface area contributed by atoms with Crippen LogP contribution in [0.25, 0.3) is 0 Å². The van der Waals surface area contributed by atoms with Crippen molar-refractivity contribution in [3.8, 4) is 0 Å². The highest BCUT2D eigenvalue weighted by atomic mass is 32.1. The second-order valence-corrected chi connectivity index (χ2v) is 6.88. The lowest BCUT2D eigenvalue weighted by atomic mass is 10.0. The van der Waals surface area contributed by atoms with Crippen LogP contribution in [0.3, 0.4) is 0 Å². The maximum atomic E-state index is 12.9. The van der Waals surface area contributed by atoms with E-state index in [1.54, 1.807) is 0 Å². The minimum Gasteiger partial charge on any atom is -0.331 e. The molecule has 0 saturated carbocycles. The molecule has 2 aromatic rings. The fourth-order valence-electron chi connectivity index (χ4n) is 3.00. The van der Waals surface area contributed by atoms with Gasteiger partial charge in [0, 0.05) is 12.6 Å². The Labute approximate surface area is 136 Å². The van der Waals surface area contributed by atoms with Crippen LogP contribution in [0.1, 0.15) is 28.1 Å². The van der Waals surface area contributed by atoms with E-state index in [9.17, 15) is 4.79 Å². The van der Waals surface area contributed by atoms with E-state index in [1.807, 2.05) is 35.7 Å². The van der Waals surface area contributed by atoms with Crippen LogP contribution in [-0.4, -0.2) is 41.9 Å². The number of carbonyl (C=O) groups excluding carboxylic acids is 1. The molecule has 0 atom stereocenters. The van der Waals surface area contributed by atoms with E-state index < -0.39 is 0 Å². The molecule has 1 aromatic carbocycles. The molecule has 0 N–H and O–H groups in total. The summed E-state index contributed by atoms with van der Waals surface area (Å²) in [6, 6.07) is 14.5. The van der Waals surface area contributed by atoms with Gasteiger partial charge in [-0.05, 0) is 50.0 Å². The number of rotatable bonds is 4. The van der Waals surface area contributed by atoms with E-state index in [0.717, 1.165) is 30.8 Å². The van der Waals surface area contributed by atoms with Gasteiger partial charge in [0.1, 0.15) is 0 Å². The summed E-state index contributed by atoms with van der Waals surface area (Å²) < 4.78 is 0. The second-order valence-electron chi connectivity index (χ2n) is 5.93. The SMILES string of the molecule is CN1CCC(N(Cc2ccccc2)C(=O)c2cccs2)CC1. The molecule has 1 saturated heterocycles. The Balaban J connectivity index is 1.80. The summed E-state index contributed by atoms with van der Waals surface area (Å²) in [5.41, 5.74) is 1.20. The predicted molar refractivity (Wildman–Crippen MR) is 91.2 cm³/mol. The molecule has 1 aliphatic rings. The predicted octanol–water partition coefficient (Wildman–Crippen LogP) is 3.48. The summed E-state index contributed by atoms with van der Waals surface area (Å²) in [5, 5.41) is 1.97. The van der Waals surface area contributed by atoms with Gasteiger partial charge in [0.15, 0.2) is 0 Å². The van der Waals surface area contributed by atoms with Gasteiger partial charge in [-0.2, -0.15) is 0 Å². The number of thiophene rings is 1. The Morgan fingerprint density at radius 1 is 1.18 bits per heavy atom. The molecule has 3 nitrogen and oxygen atoms in total. The first kappa shape index (κ1) is 15.3. The van der Waals surface area contributed by atoms with Gasteiger partial charge in [-0.3, -0.25) is 4.79 Å². The Morgan fingerprint density at radius 3 is 2.55 bits per heavy atom. The van der Waals surface area contributed by atoms with E-state index >= 15 is 0 Å². The molecule has 0 spiro atoms. The van der Waals surface area contributed by atoms with Crippen molar-refractivity contribution in [1.29, 1.82) is 0 Å². The van der Waals surface area contributed by atoms with Crippen LogP contribution in [0, 0.1) is 0 Å². The largest absolute Gasteiger partial charge is 0.331 e. The van der Waals surface area contributed by atoms with Crippen LogP contribution in [0.5, 0.6) is 0 Å². The molecule has 0 bridgehead atoms. The smallest absolute Gasteiger partial charge is 0.264 e. The van der Waals surface area contributed by atoms with Crippen LogP contribution in [0.4, 0.5) is 0 Å². The lowest BCUT2D eigenvalue weighted by Gasteiger charge is -2.37. The molecular formula is C18H22N2OS. The number of piperidine rings is 1. The number of nitrogens with zero attached hydrogens (tertiary/aromatic N) is 2. The minimum absolute atomic E-state index is 0.174. The van der Waals surface area contributed by atoms with Gasteiger partial charge >= 0.3 is 0 Å². The number of amides is 1. The molecule has 116 valence electrons. The van der Waals surface area contributed by atoms with E-state index in [0.29, 0.717) is 12.6 Å². The van der Waals surface area contributed by atoms with Crippen molar-refractivity contribution in [3.63, 3.8) is 0 Å². The first-order valence-corrected chi connectivity index (χ1v) is 8.69. The van der Waals surface area contributed by atoms with Crippen LogP contribution in [-0.2, 0) is 6.54 Å². The number of likely N-dealkylation sites (tertiary alicyclic amines) is 1. The molecule has 3 rings (SSSR count). The number of benzene rings is 1. The monoisotopic (exact) mass is 314 g/mol. The molecule has 1 amide bonds. The lowest BCUT2D eigenvalue weighted by Crippen LogP contribution is -2.46. The minimum atomic E-state index is 0.174. The van der Waals surface area contributed by atoms with Crippen molar-refractivity contribution in [3.05, 3.63) is 58.3 Å². The Hall–Kier alpha value is -1.65. The van der Waals surface area contributed by atoms with Gasteiger partial charge in [0.05, 0.1) is 4.88 Å². The quantitative estimate of drug-likeness (QED) is 0.862. The van der Waals surface area contributed by atoms with Crippen molar-refractivity contribution < 1.29 is 4.79 Å². The van der Waals surface area contributed by atoms with Crippen molar-refractivity contribution in [2.24, 2.45) is 0 Å². The van der Waals surface area contributed by atoms with E-state index in [-0.39, 0.29) is 5.91 Å². The molecule has 1 aromatic heterocycles. The van der Waals surface area contributed by atoms with Crippen molar-refractivity contribution in [2.75, 3.05) is 20.1 Å². The van der Waals surface area contributed by atoms with E-state index in [4.69, 9.17) is 0 Å². The normalized spacial score (nSPS) is 16.6. The molecule has 0 aliphatic carbocycles. The van der Waals surface area contributed by atoms with Gasteiger partial charge in [-0.1, -0.05) is 36.4 Å². The zero-order chi connectivity index (χ0) is 15.4. The van der Waals surface area contributed by atoms with E-state index in [1.165, 1.54) is 16.9 Å². The number of carbonyl (C=O) groups is 1. The molecular weight excluding hydrogens is 292 g/mol. The van der Waals surface area contributed by atoms with Gasteiger partial charge in [-0.25, -0.2) is 0 Å². The Morgan fingerprint density at radius 2 is 1.91 bits per heavy atom. The van der Waals surface area contributed by atoms with E-state index in [2.05, 4.69) is 29.0 Å². The summed E-state index contributed by atoms with van der Waals surface area (Å²) in [7, 11) is 2.15. The summed E-state index contributed by atoms with van der Waals surface area (Å²) in [6.45, 7) is 2.83. The summed E-state index contributed by atoms with van der Waals surface area (Å²) in [5.74, 6) is 0.174. The molecule has 0 radical (unpaired) electrons. The fraction of sp³-hybridized carbons (Fsp3) is 0.389. The number of hydrogen-bond acceptors (Lipinski definition) is 3. The van der Waals surface area contributed by atoms with Crippen LogP contribution >= 0.6 is 11.3 Å². The Bertz CT molecular complexity index is 589. The third kappa shape index (κ3) is 3.57. The van der Waals surface area contributed by atoms with Gasteiger partial charge in [0.2, 0.25) is 0 Å². The van der Waals surface area contributed by atoms with Crippen LogP contribution in [0.15, 0.2) is 47.8 Å². The first-order chi connectivity index (χ1) is 10.7. The standard InChI is InChI=1S/C18H22N2OS/c1-19-11-9-16(10-12-19)20(14-15-6-3-2-4-7-15)18(21)17-8-5-13-22-17/h2-8,13,16H,9-12,14H2,1H3. The third-order valence-electron chi connectivity index (χ3n) is 4.32. The number of hydrogen-bond donors (Lipinski definition) is 0. The summed E-state index contributed by atoms with van der Waals surface area (Å²) >= 11 is 1.53. The molecule has 4 heteroatoms. The van der Waals surface area contributed by atoms with Crippen molar-refractivity contribution >= 4 is 17.2 Å². The van der Waals surface area contributed by atoms with Gasteiger partial charge in [-0.15, -0.1) is 11.3 Å². The highest BCUT2D eigenvalue weighted by Gasteiger charge is 2.28. The molecule has 0 unspecified atom stereocenters. The average Bonchev–Trinajstić information content (AvgIpc) is 3.08. The van der Waals surface area contributed by atoms with Crippen molar-refractivity contribution in [1.82, 2.24) is 9.80 Å². The first-order valence-electron chi connectivity index (χ1n) is 7.81. The molecule has 1 aliphatic heterocycles. The fourth-order valence-corrected chi connectivity index (χ4v) is 3.67. The second kappa shape index (κ2) is 7.07. The lowest BCUT2D eigenvalue weighted by molar-refractivity contribution is 0.0574. The summed E-state index contributed by atoms with van der Waals surface area (Å²) in [6.07, 6.45) is 2.11. The molecule has 1 fully saturated rings. The topological polar surface area (TPSA) is 23.6 Å². The van der Waals surface area contributed by atoms with Gasteiger partial charge in [0.25, 0.3) is 5.91 Å². The highest BCUT2D eigenvalue weighted by Crippen LogP contribution is 2.22. The Kier molecular flexibility index (Phi) is 4.90.